The van der Waals surface area contributed by atoms with E-state index in [4.69, 9.17) is 23.2 Å². The van der Waals surface area contributed by atoms with Crippen molar-refractivity contribution >= 4 is 39.1 Å². The maximum absolute atomic E-state index is 11.9. The topological polar surface area (TPSA) is 66.5 Å². The molecule has 0 radical (unpaired) electrons. The van der Waals surface area contributed by atoms with Crippen molar-refractivity contribution in [3.63, 3.8) is 0 Å². The standard InChI is InChI=1S/C16H24Cl2N2O3S/c1-3-4-9-19-16(21)8-11-20(24(2,22)23)10-7-13-5-6-14(17)12-15(13)18/h5-6,12H,3-4,7-11H2,1-2H3,(H,19,21). The highest BCUT2D eigenvalue weighted by Crippen LogP contribution is 2.21. The zero-order chi connectivity index (χ0) is 18.2. The molecule has 0 bridgehead atoms. The number of nitrogens with one attached hydrogen (secondary N) is 1. The van der Waals surface area contributed by atoms with Gasteiger partial charge in [-0.3, -0.25) is 4.79 Å². The van der Waals surface area contributed by atoms with Crippen LogP contribution < -0.4 is 5.32 Å². The lowest BCUT2D eigenvalue weighted by Crippen LogP contribution is -2.36. The van der Waals surface area contributed by atoms with Crippen LogP contribution in [-0.2, 0) is 21.2 Å². The fourth-order valence-corrected chi connectivity index (χ4v) is 3.48. The molecule has 0 atom stereocenters. The number of halogens is 2. The van der Waals surface area contributed by atoms with E-state index < -0.39 is 10.0 Å². The summed E-state index contributed by atoms with van der Waals surface area (Å²) in [6.45, 7) is 3.08. The van der Waals surface area contributed by atoms with Crippen molar-refractivity contribution in [2.45, 2.75) is 32.6 Å². The van der Waals surface area contributed by atoms with Gasteiger partial charge < -0.3 is 5.32 Å². The van der Waals surface area contributed by atoms with Crippen LogP contribution in [0.4, 0.5) is 0 Å². The summed E-state index contributed by atoms with van der Waals surface area (Å²) >= 11 is 12.0. The lowest BCUT2D eigenvalue weighted by Gasteiger charge is -2.20. The molecule has 0 unspecified atom stereocenters. The van der Waals surface area contributed by atoms with Crippen LogP contribution in [0.5, 0.6) is 0 Å². The van der Waals surface area contributed by atoms with Gasteiger partial charge in [-0.2, -0.15) is 0 Å². The molecule has 0 fully saturated rings. The zero-order valence-corrected chi connectivity index (χ0v) is 16.3. The van der Waals surface area contributed by atoms with E-state index in [1.54, 1.807) is 18.2 Å². The molecule has 0 aliphatic heterocycles. The van der Waals surface area contributed by atoms with Crippen molar-refractivity contribution in [2.75, 3.05) is 25.9 Å². The molecule has 1 aromatic carbocycles. The van der Waals surface area contributed by atoms with E-state index in [0.29, 0.717) is 23.0 Å². The summed E-state index contributed by atoms with van der Waals surface area (Å²) in [6.07, 6.45) is 3.66. The third kappa shape index (κ3) is 7.83. The van der Waals surface area contributed by atoms with Gasteiger partial charge in [0.1, 0.15) is 0 Å². The second-order valence-electron chi connectivity index (χ2n) is 5.60. The molecule has 0 spiro atoms. The molecule has 136 valence electrons. The molecular formula is C16H24Cl2N2O3S. The minimum atomic E-state index is -3.39. The fourth-order valence-electron chi connectivity index (χ4n) is 2.13. The van der Waals surface area contributed by atoms with Crippen molar-refractivity contribution < 1.29 is 13.2 Å². The Morgan fingerprint density at radius 2 is 1.96 bits per heavy atom. The first-order valence-corrected chi connectivity index (χ1v) is 10.5. The minimum absolute atomic E-state index is 0.137. The molecule has 0 aliphatic carbocycles. The van der Waals surface area contributed by atoms with Crippen molar-refractivity contribution in [3.8, 4) is 0 Å². The summed E-state index contributed by atoms with van der Waals surface area (Å²) < 4.78 is 25.1. The van der Waals surface area contributed by atoms with E-state index in [-0.39, 0.29) is 25.4 Å². The van der Waals surface area contributed by atoms with E-state index in [1.165, 1.54) is 4.31 Å². The van der Waals surface area contributed by atoms with Gasteiger partial charge in [-0.05, 0) is 30.5 Å². The molecule has 1 aromatic rings. The predicted molar refractivity (Wildman–Crippen MR) is 99.1 cm³/mol. The van der Waals surface area contributed by atoms with Gasteiger partial charge in [-0.25, -0.2) is 12.7 Å². The second kappa shape index (κ2) is 10.2. The number of unbranched alkanes of at least 4 members (excludes halogenated alkanes) is 1. The molecule has 0 saturated heterocycles. The Kier molecular flexibility index (Phi) is 9.05. The molecule has 5 nitrogen and oxygen atoms in total. The molecule has 1 N–H and O–H groups in total. The number of carbonyl (C=O) groups is 1. The summed E-state index contributed by atoms with van der Waals surface area (Å²) in [5.74, 6) is -0.137. The average Bonchev–Trinajstić information content (AvgIpc) is 2.48. The maximum atomic E-state index is 11.9. The summed E-state index contributed by atoms with van der Waals surface area (Å²) in [5.41, 5.74) is 0.821. The van der Waals surface area contributed by atoms with Crippen LogP contribution in [0.25, 0.3) is 0 Å². The molecule has 0 saturated carbocycles. The van der Waals surface area contributed by atoms with Gasteiger partial charge in [0.25, 0.3) is 0 Å². The first-order valence-electron chi connectivity index (χ1n) is 7.89. The number of carbonyl (C=O) groups excluding carboxylic acids is 1. The molecule has 0 aliphatic rings. The van der Waals surface area contributed by atoms with Gasteiger partial charge in [0.15, 0.2) is 0 Å². The molecule has 1 rings (SSSR count). The van der Waals surface area contributed by atoms with E-state index in [9.17, 15) is 13.2 Å². The molecular weight excluding hydrogens is 371 g/mol. The van der Waals surface area contributed by atoms with Gasteiger partial charge >= 0.3 is 0 Å². The largest absolute Gasteiger partial charge is 0.356 e. The van der Waals surface area contributed by atoms with E-state index in [1.807, 2.05) is 6.92 Å². The van der Waals surface area contributed by atoms with Gasteiger partial charge in [0.05, 0.1) is 6.26 Å². The van der Waals surface area contributed by atoms with Crippen LogP contribution in [0.1, 0.15) is 31.7 Å². The molecule has 24 heavy (non-hydrogen) atoms. The summed E-state index contributed by atoms with van der Waals surface area (Å²) in [4.78, 5) is 11.7. The molecule has 0 heterocycles. The third-order valence-corrected chi connectivity index (χ3v) is 5.45. The lowest BCUT2D eigenvalue weighted by molar-refractivity contribution is -0.121. The zero-order valence-electron chi connectivity index (χ0n) is 14.0. The average molecular weight is 395 g/mol. The van der Waals surface area contributed by atoms with Crippen LogP contribution in [0.2, 0.25) is 10.0 Å². The van der Waals surface area contributed by atoms with Crippen LogP contribution in [0.3, 0.4) is 0 Å². The Morgan fingerprint density at radius 1 is 1.25 bits per heavy atom. The van der Waals surface area contributed by atoms with Crippen molar-refractivity contribution in [1.82, 2.24) is 9.62 Å². The van der Waals surface area contributed by atoms with Crippen molar-refractivity contribution in [3.05, 3.63) is 33.8 Å². The van der Waals surface area contributed by atoms with Crippen LogP contribution in [-0.4, -0.2) is 44.5 Å². The number of hydrogen-bond donors (Lipinski definition) is 1. The van der Waals surface area contributed by atoms with E-state index in [0.717, 1.165) is 24.7 Å². The van der Waals surface area contributed by atoms with Crippen LogP contribution in [0, 0.1) is 0 Å². The van der Waals surface area contributed by atoms with Crippen LogP contribution in [0.15, 0.2) is 18.2 Å². The normalized spacial score (nSPS) is 11.7. The van der Waals surface area contributed by atoms with E-state index >= 15 is 0 Å². The maximum Gasteiger partial charge on any atom is 0.221 e. The Hall–Kier alpha value is -0.820. The SMILES string of the molecule is CCCCNC(=O)CCN(CCc1ccc(Cl)cc1Cl)S(C)(=O)=O. The Morgan fingerprint density at radius 3 is 2.54 bits per heavy atom. The van der Waals surface area contributed by atoms with Crippen LogP contribution >= 0.6 is 23.2 Å². The Balaban J connectivity index is 2.58. The third-order valence-electron chi connectivity index (χ3n) is 3.56. The predicted octanol–water partition coefficient (Wildman–Crippen LogP) is 3.10. The second-order valence-corrected chi connectivity index (χ2v) is 8.43. The molecule has 8 heteroatoms. The number of nitrogens with zero attached hydrogens (tertiary/aromatic N) is 1. The minimum Gasteiger partial charge on any atom is -0.356 e. The van der Waals surface area contributed by atoms with Crippen molar-refractivity contribution in [2.24, 2.45) is 0 Å². The monoisotopic (exact) mass is 394 g/mol. The first kappa shape index (κ1) is 21.2. The highest BCUT2D eigenvalue weighted by atomic mass is 35.5. The van der Waals surface area contributed by atoms with Gasteiger partial charge in [-0.1, -0.05) is 42.6 Å². The number of hydrogen-bond acceptors (Lipinski definition) is 3. The lowest BCUT2D eigenvalue weighted by atomic mass is 10.1. The van der Waals surface area contributed by atoms with E-state index in [2.05, 4.69) is 5.32 Å². The van der Waals surface area contributed by atoms with Gasteiger partial charge in [0.2, 0.25) is 15.9 Å². The number of amides is 1. The fraction of sp³-hybridized carbons (Fsp3) is 0.562. The molecule has 1 amide bonds. The highest BCUT2D eigenvalue weighted by molar-refractivity contribution is 7.88. The van der Waals surface area contributed by atoms with Crippen molar-refractivity contribution in [1.29, 1.82) is 0 Å². The Bertz CT molecular complexity index is 651. The number of benzene rings is 1. The van der Waals surface area contributed by atoms with Gasteiger partial charge in [-0.15, -0.1) is 0 Å². The summed E-state index contributed by atoms with van der Waals surface area (Å²) in [7, 11) is -3.39. The number of sulfonamides is 1. The quantitative estimate of drug-likeness (QED) is 0.619. The number of rotatable bonds is 10. The molecule has 0 aromatic heterocycles. The Labute approximate surface area is 154 Å². The smallest absolute Gasteiger partial charge is 0.221 e. The first-order chi connectivity index (χ1) is 11.2. The summed E-state index contributed by atoms with van der Waals surface area (Å²) in [5, 5.41) is 3.83. The highest BCUT2D eigenvalue weighted by Gasteiger charge is 2.18. The van der Waals surface area contributed by atoms with Gasteiger partial charge in [0, 0.05) is 36.1 Å². The summed E-state index contributed by atoms with van der Waals surface area (Å²) in [6, 6.07) is 5.13.